The molecule has 1 aromatic carbocycles. The predicted molar refractivity (Wildman–Crippen MR) is 266 cm³/mol. The minimum atomic E-state index is -4.94. The van der Waals surface area contributed by atoms with E-state index in [4.69, 9.17) is 33.2 Å². The number of hydrogen-bond acceptors (Lipinski definition) is 24. The summed E-state index contributed by atoms with van der Waals surface area (Å²) in [5.74, 6) is 0.634. The summed E-state index contributed by atoms with van der Waals surface area (Å²) in [7, 11) is 3.08. The van der Waals surface area contributed by atoms with Crippen LogP contribution in [0.1, 0.15) is 48.0 Å². The maximum absolute atomic E-state index is 14.1. The number of nitrogens with one attached hydrogen (secondary N) is 5. The van der Waals surface area contributed by atoms with Gasteiger partial charge in [0.15, 0.2) is 12.6 Å². The molecule has 2 unspecified atom stereocenters. The number of rotatable bonds is 33. The fourth-order valence-electron chi connectivity index (χ4n) is 8.45. The number of urea groups is 1. The average molecular weight is 1160 g/mol. The minimum Gasteiger partial charge on any atom is -0.490 e. The second-order valence-electron chi connectivity index (χ2n) is 18.3. The van der Waals surface area contributed by atoms with E-state index in [0.29, 0.717) is 29.7 Å². The number of nitrogens with zero attached hydrogens (tertiary/aromatic N) is 2. The summed E-state index contributed by atoms with van der Waals surface area (Å²) >= 11 is 1.86. The van der Waals surface area contributed by atoms with Gasteiger partial charge in [-0.15, -0.1) is 10.2 Å². The fraction of sp³-hybridized carbons (Fsp3) is 0.778. The lowest BCUT2D eigenvalue weighted by atomic mass is 9.99. The van der Waals surface area contributed by atoms with Crippen molar-refractivity contribution in [2.24, 2.45) is 10.2 Å². The summed E-state index contributed by atoms with van der Waals surface area (Å²) < 4.78 is 80.9. The number of carbonyl (C=O) groups is 4. The number of aliphatic hydroxyl groups is 8. The van der Waals surface area contributed by atoms with Crippen molar-refractivity contribution in [2.75, 3.05) is 89.8 Å². The van der Waals surface area contributed by atoms with E-state index in [1.54, 1.807) is 10.8 Å². The van der Waals surface area contributed by atoms with Gasteiger partial charge in [-0.2, -0.15) is 24.9 Å². The lowest BCUT2D eigenvalue weighted by Gasteiger charge is -2.41. The van der Waals surface area contributed by atoms with E-state index in [0.717, 1.165) is 43.2 Å². The molecule has 5 amide bonds. The zero-order valence-electron chi connectivity index (χ0n) is 41.6. The van der Waals surface area contributed by atoms with E-state index < -0.39 is 117 Å². The molecule has 436 valence electrons. The maximum Gasteiger partial charge on any atom is 0.442 e. The van der Waals surface area contributed by atoms with Crippen LogP contribution >= 0.6 is 33.3 Å². The van der Waals surface area contributed by atoms with Crippen LogP contribution in [0.25, 0.3) is 0 Å². The summed E-state index contributed by atoms with van der Waals surface area (Å²) in [5, 5.41) is 102. The molecule has 77 heavy (non-hydrogen) atoms. The Morgan fingerprint density at radius 1 is 0.779 bits per heavy atom. The first-order chi connectivity index (χ1) is 36.9. The number of alkyl halides is 3. The van der Waals surface area contributed by atoms with E-state index >= 15 is 0 Å². The van der Waals surface area contributed by atoms with Crippen molar-refractivity contribution in [1.29, 1.82) is 0 Å². The van der Waals surface area contributed by atoms with E-state index in [9.17, 15) is 73.2 Å². The Labute approximate surface area is 452 Å². The van der Waals surface area contributed by atoms with Crippen molar-refractivity contribution < 1.29 is 106 Å². The Morgan fingerprint density at radius 3 is 2.00 bits per heavy atom. The topological polar surface area (TPSA) is 380 Å². The average Bonchev–Trinajstić information content (AvgIpc) is 4.10. The van der Waals surface area contributed by atoms with Crippen LogP contribution in [0, 0.1) is 0 Å². The number of ether oxygens (including phenoxy) is 7. The van der Waals surface area contributed by atoms with Crippen LogP contribution in [-0.4, -0.2) is 245 Å². The number of fused-ring (bicyclic) bond motifs is 1. The largest absolute Gasteiger partial charge is 0.490 e. The highest BCUT2D eigenvalue weighted by atomic mass is 33.1. The highest BCUT2D eigenvalue weighted by Crippen LogP contribution is 2.53. The van der Waals surface area contributed by atoms with Crippen molar-refractivity contribution >= 4 is 57.1 Å². The standard InChI is InChI=1S/C45H68F3N7O19S3/c46-45(47,48)44(54-55-44)23-5-6-25(40(66)51-24(20-71-41-38(64)36(62)34(60)28(18-56)73-41)21-72-42-39(65)37(63)35(61)29(19-57)74-42)27(17-23)70-14-13-69-12-11-68-10-8-49-32(59)7-15-76-77-16-9-50-31(58)4-2-1-3-30-33-26(22-75-30)52-43(67)53-33/h5-6,17,24,26,28-30,33-39,41-42,56-57,60-65H,1-4,7-16,18-22H2,(H,49,59)(H,50,58)(H,51,66)(H2,52,53,67)/t26?,28-,29-,30+,33?,34-,35-,36+,37+,38-,39-,41+,42+/m1/s1. The van der Waals surface area contributed by atoms with Gasteiger partial charge in [-0.1, -0.05) is 34.1 Å². The van der Waals surface area contributed by atoms with Crippen LogP contribution in [0.2, 0.25) is 0 Å². The molecule has 32 heteroatoms. The van der Waals surface area contributed by atoms with Crippen LogP contribution in [0.3, 0.4) is 0 Å². The lowest BCUT2D eigenvalue weighted by molar-refractivity contribution is -0.309. The van der Waals surface area contributed by atoms with Gasteiger partial charge in [-0.05, 0) is 25.0 Å². The van der Waals surface area contributed by atoms with Gasteiger partial charge in [0.25, 0.3) is 5.91 Å². The van der Waals surface area contributed by atoms with Crippen LogP contribution in [0.5, 0.6) is 5.75 Å². The van der Waals surface area contributed by atoms with Crippen molar-refractivity contribution in [3.05, 3.63) is 29.3 Å². The van der Waals surface area contributed by atoms with Gasteiger partial charge in [0, 0.05) is 54.0 Å². The summed E-state index contributed by atoms with van der Waals surface area (Å²) in [5.41, 5.74) is -3.69. The Bertz CT molecular complexity index is 2050. The van der Waals surface area contributed by atoms with Crippen LogP contribution in [-0.2, 0) is 43.7 Å². The summed E-state index contributed by atoms with van der Waals surface area (Å²) in [4.78, 5) is 50.0. The molecule has 4 saturated heterocycles. The maximum atomic E-state index is 14.1. The molecule has 0 spiro atoms. The molecular formula is C45H68F3N7O19S3. The number of carbonyl (C=O) groups excluding carboxylic acids is 4. The highest BCUT2D eigenvalue weighted by molar-refractivity contribution is 8.76. The van der Waals surface area contributed by atoms with Gasteiger partial charge in [0.1, 0.15) is 61.2 Å². The first-order valence-electron chi connectivity index (χ1n) is 24.9. The molecule has 26 nitrogen and oxygen atoms in total. The molecule has 1 aromatic rings. The quantitative estimate of drug-likeness (QED) is 0.0201. The smallest absolute Gasteiger partial charge is 0.442 e. The Morgan fingerprint density at radius 2 is 1.38 bits per heavy atom. The van der Waals surface area contributed by atoms with Gasteiger partial charge >= 0.3 is 17.9 Å². The summed E-state index contributed by atoms with van der Waals surface area (Å²) in [6.07, 6.45) is -18.6. The molecule has 0 aromatic heterocycles. The molecule has 13 N–H and O–H groups in total. The van der Waals surface area contributed by atoms with Crippen molar-refractivity contribution in [3.8, 4) is 5.75 Å². The number of unbranched alkanes of at least 4 members (excludes halogenated alkanes) is 1. The number of aliphatic hydroxyl groups excluding tert-OH is 8. The van der Waals surface area contributed by atoms with Gasteiger partial charge < -0.3 is 101 Å². The normalized spacial score (nSPS) is 29.4. The van der Waals surface area contributed by atoms with E-state index in [-0.39, 0.29) is 87.2 Å². The third kappa shape index (κ3) is 17.8. The molecule has 5 aliphatic rings. The Balaban J connectivity index is 0.887. The number of halogens is 3. The third-order valence-corrected chi connectivity index (χ3v) is 16.7. The van der Waals surface area contributed by atoms with Gasteiger partial charge in [0.2, 0.25) is 11.8 Å². The number of benzene rings is 1. The molecule has 6 rings (SSSR count). The lowest BCUT2D eigenvalue weighted by Crippen LogP contribution is -2.60. The van der Waals surface area contributed by atoms with Crippen LogP contribution in [0.15, 0.2) is 28.4 Å². The number of amides is 5. The second-order valence-corrected chi connectivity index (χ2v) is 22.3. The second kappa shape index (κ2) is 30.4. The SMILES string of the molecule is O=C(CCCC[C@@H]1SCC2NC(=O)NC21)NCCSSCCC(=O)NCCOCCOCCOc1cc(C2(C(F)(F)F)N=N2)ccc1C(=O)NC(CO[C@H]1O[C@H](CO)[C@@H](O)[C@H](O)[C@H]1O)CO[C@H]1O[C@H](CO)[C@@H](O)[C@H](O)[C@H]1O. The zero-order chi connectivity index (χ0) is 55.7. The van der Waals surface area contributed by atoms with E-state index in [1.165, 1.54) is 10.8 Å². The van der Waals surface area contributed by atoms with Gasteiger partial charge in [0.05, 0.1) is 76.5 Å². The van der Waals surface area contributed by atoms with Gasteiger partial charge in [-0.3, -0.25) is 14.4 Å². The van der Waals surface area contributed by atoms with Crippen LogP contribution in [0.4, 0.5) is 18.0 Å². The van der Waals surface area contributed by atoms with Gasteiger partial charge in [-0.25, -0.2) is 4.79 Å². The third-order valence-electron chi connectivity index (χ3n) is 12.8. The summed E-state index contributed by atoms with van der Waals surface area (Å²) in [6.45, 7) is -2.20. The Kier molecular flexibility index (Phi) is 24.8. The molecule has 5 aliphatic heterocycles. The molecule has 5 heterocycles. The molecule has 4 fully saturated rings. The summed E-state index contributed by atoms with van der Waals surface area (Å²) in [6, 6.07) is 1.81. The highest BCUT2D eigenvalue weighted by Gasteiger charge is 2.65. The predicted octanol–water partition coefficient (Wildman–Crippen LogP) is -2.26. The first kappa shape index (κ1) is 62.8. The number of thioether (sulfide) groups is 1. The Hall–Kier alpha value is -3.42. The van der Waals surface area contributed by atoms with Crippen molar-refractivity contribution in [3.63, 3.8) is 0 Å². The number of hydrogen-bond donors (Lipinski definition) is 13. The van der Waals surface area contributed by atoms with Crippen molar-refractivity contribution in [1.82, 2.24) is 26.6 Å². The monoisotopic (exact) mass is 1160 g/mol. The van der Waals surface area contributed by atoms with Crippen LogP contribution < -0.4 is 31.3 Å². The van der Waals surface area contributed by atoms with E-state index in [1.807, 2.05) is 11.8 Å². The molecule has 0 bridgehead atoms. The minimum absolute atomic E-state index is 0.000456. The van der Waals surface area contributed by atoms with E-state index in [2.05, 4.69) is 36.8 Å². The zero-order valence-corrected chi connectivity index (χ0v) is 44.0. The van der Waals surface area contributed by atoms with Crippen molar-refractivity contribution in [2.45, 2.75) is 129 Å². The molecule has 0 saturated carbocycles. The fourth-order valence-corrected chi connectivity index (χ4v) is 11.9. The molecular weight excluding hydrogens is 1100 g/mol. The molecule has 0 aliphatic carbocycles. The first-order valence-corrected chi connectivity index (χ1v) is 28.5. The molecule has 0 radical (unpaired) electrons. The molecule has 13 atom stereocenters.